The molecule has 1 aliphatic heterocycles. The number of benzene rings is 1. The first-order chi connectivity index (χ1) is 12.9. The van der Waals surface area contributed by atoms with Gasteiger partial charge in [-0.25, -0.2) is 17.9 Å². The highest BCUT2D eigenvalue weighted by Crippen LogP contribution is 2.31. The molecule has 27 heavy (non-hydrogen) atoms. The second-order valence-corrected chi connectivity index (χ2v) is 8.90. The highest BCUT2D eigenvalue weighted by molar-refractivity contribution is 7.88. The van der Waals surface area contributed by atoms with Gasteiger partial charge in [0.05, 0.1) is 19.4 Å². The number of nitrogens with zero attached hydrogens (tertiary/aromatic N) is 1. The Balaban J connectivity index is 1.80. The van der Waals surface area contributed by atoms with Crippen LogP contribution in [0.3, 0.4) is 0 Å². The van der Waals surface area contributed by atoms with Gasteiger partial charge in [0.1, 0.15) is 0 Å². The van der Waals surface area contributed by atoms with Gasteiger partial charge in [-0.05, 0) is 36.3 Å². The molecule has 7 heteroatoms. The average Bonchev–Trinajstić information content (AvgIpc) is 3.10. The van der Waals surface area contributed by atoms with Crippen molar-refractivity contribution in [2.24, 2.45) is 5.92 Å². The van der Waals surface area contributed by atoms with E-state index in [2.05, 4.69) is 35.1 Å². The maximum absolute atomic E-state index is 12.2. The van der Waals surface area contributed by atoms with Gasteiger partial charge in [0.2, 0.25) is 10.0 Å². The van der Waals surface area contributed by atoms with E-state index < -0.39 is 16.1 Å². The van der Waals surface area contributed by atoms with E-state index in [4.69, 9.17) is 4.74 Å². The van der Waals surface area contributed by atoms with Gasteiger partial charge in [-0.3, -0.25) is 0 Å². The number of carbonyl (C=O) groups is 1. The SMILES string of the molecule is COC(=O)N1CCCC(NS(C)(=O)=O)C1CC1C=CC(c2ccccc2)=C1. The Morgan fingerprint density at radius 1 is 1.30 bits per heavy atom. The number of methoxy groups -OCH3 is 1. The quantitative estimate of drug-likeness (QED) is 0.839. The summed E-state index contributed by atoms with van der Waals surface area (Å²) in [5.41, 5.74) is 2.30. The molecule has 0 aromatic heterocycles. The Kier molecular flexibility index (Phi) is 6.01. The highest BCUT2D eigenvalue weighted by atomic mass is 32.2. The molecular weight excluding hydrogens is 364 g/mol. The molecule has 3 unspecified atom stereocenters. The molecule has 2 aliphatic rings. The summed E-state index contributed by atoms with van der Waals surface area (Å²) in [4.78, 5) is 13.9. The fourth-order valence-corrected chi connectivity index (χ4v) is 4.75. The Morgan fingerprint density at radius 3 is 2.70 bits per heavy atom. The summed E-state index contributed by atoms with van der Waals surface area (Å²) >= 11 is 0. The van der Waals surface area contributed by atoms with Crippen molar-refractivity contribution in [1.82, 2.24) is 9.62 Å². The largest absolute Gasteiger partial charge is 0.453 e. The molecule has 6 nitrogen and oxygen atoms in total. The summed E-state index contributed by atoms with van der Waals surface area (Å²) < 4.78 is 31.2. The number of sulfonamides is 1. The third-order valence-electron chi connectivity index (χ3n) is 5.09. The molecule has 1 fully saturated rings. The van der Waals surface area contributed by atoms with Gasteiger partial charge in [-0.15, -0.1) is 0 Å². The fourth-order valence-electron chi connectivity index (χ4n) is 3.92. The number of rotatable bonds is 5. The first kappa shape index (κ1) is 19.6. The molecule has 1 aromatic rings. The molecule has 1 heterocycles. The molecular formula is C20H26N2O4S. The number of hydrogen-bond donors (Lipinski definition) is 1. The molecule has 1 amide bonds. The zero-order valence-electron chi connectivity index (χ0n) is 15.7. The van der Waals surface area contributed by atoms with Gasteiger partial charge in [0, 0.05) is 12.6 Å². The van der Waals surface area contributed by atoms with Crippen LogP contribution in [-0.2, 0) is 14.8 Å². The van der Waals surface area contributed by atoms with E-state index >= 15 is 0 Å². The fraction of sp³-hybridized carbons (Fsp3) is 0.450. The lowest BCUT2D eigenvalue weighted by atomic mass is 9.89. The van der Waals surface area contributed by atoms with Crippen LogP contribution in [0.15, 0.2) is 48.6 Å². The van der Waals surface area contributed by atoms with Crippen molar-refractivity contribution in [2.45, 2.75) is 31.3 Å². The van der Waals surface area contributed by atoms with Gasteiger partial charge in [0.25, 0.3) is 0 Å². The molecule has 0 spiro atoms. The average molecular weight is 391 g/mol. The topological polar surface area (TPSA) is 75.7 Å². The standard InChI is InChI=1S/C20H26N2O4S/c1-26-20(23)22-12-6-9-18(21-27(2,24)25)19(22)14-15-10-11-17(13-15)16-7-4-3-5-8-16/h3-5,7-8,10-11,13,15,18-19,21H,6,9,12,14H2,1-2H3. The lowest BCUT2D eigenvalue weighted by molar-refractivity contribution is 0.0741. The predicted molar refractivity (Wildman–Crippen MR) is 106 cm³/mol. The van der Waals surface area contributed by atoms with E-state index in [1.807, 2.05) is 18.2 Å². The summed E-state index contributed by atoms with van der Waals surface area (Å²) in [5, 5.41) is 0. The second-order valence-electron chi connectivity index (χ2n) is 7.12. The van der Waals surface area contributed by atoms with Crippen molar-refractivity contribution in [1.29, 1.82) is 0 Å². The first-order valence-electron chi connectivity index (χ1n) is 9.15. The van der Waals surface area contributed by atoms with Crippen LogP contribution < -0.4 is 4.72 Å². The van der Waals surface area contributed by atoms with Crippen LogP contribution in [0.4, 0.5) is 4.79 Å². The Hall–Kier alpha value is -2.12. The summed E-state index contributed by atoms with van der Waals surface area (Å²) in [6.45, 7) is 0.574. The maximum atomic E-state index is 12.2. The minimum atomic E-state index is -3.36. The van der Waals surface area contributed by atoms with Gasteiger partial charge < -0.3 is 9.64 Å². The van der Waals surface area contributed by atoms with Gasteiger partial charge in [-0.1, -0.05) is 48.6 Å². The van der Waals surface area contributed by atoms with E-state index in [0.717, 1.165) is 23.8 Å². The van der Waals surface area contributed by atoms with E-state index in [1.165, 1.54) is 7.11 Å². The zero-order chi connectivity index (χ0) is 19.4. The second kappa shape index (κ2) is 8.27. The number of nitrogens with one attached hydrogen (secondary N) is 1. The smallest absolute Gasteiger partial charge is 0.409 e. The van der Waals surface area contributed by atoms with E-state index in [1.54, 1.807) is 4.90 Å². The normalized spacial score (nSPS) is 25.3. The molecule has 146 valence electrons. The third-order valence-corrected chi connectivity index (χ3v) is 5.82. The Bertz CT molecular complexity index is 833. The van der Waals surface area contributed by atoms with Crippen molar-refractivity contribution in [3.05, 3.63) is 54.1 Å². The Labute approximate surface area is 160 Å². The van der Waals surface area contributed by atoms with Crippen molar-refractivity contribution < 1.29 is 17.9 Å². The lowest BCUT2D eigenvalue weighted by Crippen LogP contribution is -2.57. The minimum Gasteiger partial charge on any atom is -0.453 e. The molecule has 1 aliphatic carbocycles. The molecule has 0 bridgehead atoms. The van der Waals surface area contributed by atoms with Gasteiger partial charge in [0.15, 0.2) is 0 Å². The lowest BCUT2D eigenvalue weighted by Gasteiger charge is -2.41. The molecule has 3 atom stereocenters. The van der Waals surface area contributed by atoms with Crippen LogP contribution in [-0.4, -0.2) is 51.4 Å². The number of allylic oxidation sites excluding steroid dienone is 4. The van der Waals surface area contributed by atoms with Crippen LogP contribution >= 0.6 is 0 Å². The molecule has 0 saturated carbocycles. The number of piperidine rings is 1. The number of ether oxygens (including phenoxy) is 1. The number of carbonyl (C=O) groups excluding carboxylic acids is 1. The van der Waals surface area contributed by atoms with Crippen LogP contribution in [0.1, 0.15) is 24.8 Å². The van der Waals surface area contributed by atoms with E-state index in [9.17, 15) is 13.2 Å². The Morgan fingerprint density at radius 2 is 2.04 bits per heavy atom. The van der Waals surface area contributed by atoms with E-state index in [0.29, 0.717) is 19.4 Å². The van der Waals surface area contributed by atoms with Crippen molar-refractivity contribution in [3.8, 4) is 0 Å². The number of amides is 1. The van der Waals surface area contributed by atoms with E-state index in [-0.39, 0.29) is 18.0 Å². The van der Waals surface area contributed by atoms with Gasteiger partial charge in [-0.2, -0.15) is 0 Å². The maximum Gasteiger partial charge on any atom is 0.409 e. The third kappa shape index (κ3) is 4.99. The van der Waals surface area contributed by atoms with Crippen LogP contribution in [0.25, 0.3) is 5.57 Å². The van der Waals surface area contributed by atoms with Gasteiger partial charge >= 0.3 is 6.09 Å². The summed E-state index contributed by atoms with van der Waals surface area (Å²) in [7, 11) is -2.01. The van der Waals surface area contributed by atoms with Crippen LogP contribution in [0.2, 0.25) is 0 Å². The minimum absolute atomic E-state index is 0.138. The highest BCUT2D eigenvalue weighted by Gasteiger charge is 2.37. The summed E-state index contributed by atoms with van der Waals surface area (Å²) in [6.07, 6.45) is 9.22. The molecule has 1 aromatic carbocycles. The number of hydrogen-bond acceptors (Lipinski definition) is 4. The molecule has 1 N–H and O–H groups in total. The molecule has 3 rings (SSSR count). The molecule has 1 saturated heterocycles. The number of likely N-dealkylation sites (tertiary alicyclic amines) is 1. The van der Waals surface area contributed by atoms with Crippen LogP contribution in [0, 0.1) is 5.92 Å². The first-order valence-corrected chi connectivity index (χ1v) is 11.0. The van der Waals surface area contributed by atoms with Crippen molar-refractivity contribution >= 4 is 21.7 Å². The zero-order valence-corrected chi connectivity index (χ0v) is 16.5. The van der Waals surface area contributed by atoms with Crippen LogP contribution in [0.5, 0.6) is 0 Å². The summed E-state index contributed by atoms with van der Waals surface area (Å²) in [6, 6.07) is 9.56. The predicted octanol–water partition coefficient (Wildman–Crippen LogP) is 2.79. The monoisotopic (exact) mass is 390 g/mol. The van der Waals surface area contributed by atoms with Crippen molar-refractivity contribution in [2.75, 3.05) is 19.9 Å². The summed E-state index contributed by atoms with van der Waals surface area (Å²) in [5.74, 6) is 0.138. The molecule has 0 radical (unpaired) electrons. The van der Waals surface area contributed by atoms with Crippen molar-refractivity contribution in [3.63, 3.8) is 0 Å².